The molecule has 3 aromatic rings. The van der Waals surface area contributed by atoms with Crippen molar-refractivity contribution in [3.63, 3.8) is 0 Å². The Morgan fingerprint density at radius 3 is 2.52 bits per heavy atom. The van der Waals surface area contributed by atoms with Crippen LogP contribution in [0.1, 0.15) is 12.5 Å². The standard InChI is InChI=1S/C21H23N3O4S/c1-14(2)11-22-21-24(16(13-29-21)17-7-6-8-28-17)23-12-15-9-19(26-4)20(27-5)10-18(15)25-3/h6-10,12-13H,1,11H2,2-5H3. The molecule has 0 amide bonds. The highest BCUT2D eigenvalue weighted by Crippen LogP contribution is 2.33. The molecule has 8 heteroatoms. The van der Waals surface area contributed by atoms with Crippen LogP contribution in [0.5, 0.6) is 17.2 Å². The molecule has 0 unspecified atom stereocenters. The Morgan fingerprint density at radius 1 is 1.17 bits per heavy atom. The van der Waals surface area contributed by atoms with Crippen molar-refractivity contribution >= 4 is 17.6 Å². The van der Waals surface area contributed by atoms with Crippen LogP contribution in [0.15, 0.2) is 62.6 Å². The van der Waals surface area contributed by atoms with Crippen molar-refractivity contribution in [1.82, 2.24) is 4.68 Å². The molecule has 1 aromatic carbocycles. The molecule has 2 heterocycles. The van der Waals surface area contributed by atoms with Crippen molar-refractivity contribution in [2.45, 2.75) is 6.92 Å². The molecule has 29 heavy (non-hydrogen) atoms. The van der Waals surface area contributed by atoms with Gasteiger partial charge in [-0.25, -0.2) is 4.68 Å². The van der Waals surface area contributed by atoms with Crippen LogP contribution in [-0.4, -0.2) is 38.8 Å². The Hall–Kier alpha value is -3.26. The summed E-state index contributed by atoms with van der Waals surface area (Å²) >= 11 is 1.48. The van der Waals surface area contributed by atoms with E-state index in [1.807, 2.05) is 30.5 Å². The molecule has 0 fully saturated rings. The summed E-state index contributed by atoms with van der Waals surface area (Å²) in [6, 6.07) is 7.29. The quantitative estimate of drug-likeness (QED) is 0.410. The van der Waals surface area contributed by atoms with Crippen molar-refractivity contribution in [2.75, 3.05) is 27.9 Å². The van der Waals surface area contributed by atoms with E-state index in [-0.39, 0.29) is 0 Å². The third-order valence-corrected chi connectivity index (χ3v) is 4.85. The van der Waals surface area contributed by atoms with Gasteiger partial charge < -0.3 is 18.6 Å². The Kier molecular flexibility index (Phi) is 6.56. The van der Waals surface area contributed by atoms with E-state index in [9.17, 15) is 0 Å². The van der Waals surface area contributed by atoms with Crippen molar-refractivity contribution in [3.8, 4) is 28.7 Å². The van der Waals surface area contributed by atoms with Crippen molar-refractivity contribution < 1.29 is 18.6 Å². The van der Waals surface area contributed by atoms with E-state index in [4.69, 9.17) is 18.6 Å². The minimum Gasteiger partial charge on any atom is -0.496 e. The SMILES string of the molecule is C=C(C)CN=c1scc(-c2ccco2)n1N=Cc1cc(OC)c(OC)cc1OC. The van der Waals surface area contributed by atoms with Gasteiger partial charge in [0.25, 0.3) is 0 Å². The minimum absolute atomic E-state index is 0.521. The summed E-state index contributed by atoms with van der Waals surface area (Å²) in [5.74, 6) is 2.48. The van der Waals surface area contributed by atoms with E-state index in [1.165, 1.54) is 11.3 Å². The number of rotatable bonds is 8. The molecule has 0 aliphatic carbocycles. The lowest BCUT2D eigenvalue weighted by atomic mass is 10.2. The summed E-state index contributed by atoms with van der Waals surface area (Å²) in [7, 11) is 4.76. The molecule has 2 aromatic heterocycles. The maximum atomic E-state index is 5.55. The Labute approximate surface area is 173 Å². The fraction of sp³-hybridized carbons (Fsp3) is 0.238. The summed E-state index contributed by atoms with van der Waals surface area (Å²) in [6.07, 6.45) is 3.32. The second-order valence-corrected chi connectivity index (χ2v) is 7.00. The summed E-state index contributed by atoms with van der Waals surface area (Å²) in [5.41, 5.74) is 2.51. The zero-order valence-corrected chi connectivity index (χ0v) is 17.7. The lowest BCUT2D eigenvalue weighted by Crippen LogP contribution is -2.13. The maximum absolute atomic E-state index is 5.55. The van der Waals surface area contributed by atoms with E-state index >= 15 is 0 Å². The Morgan fingerprint density at radius 2 is 1.90 bits per heavy atom. The molecule has 0 bridgehead atoms. The molecule has 0 atom stereocenters. The van der Waals surface area contributed by atoms with Gasteiger partial charge in [-0.15, -0.1) is 11.3 Å². The van der Waals surface area contributed by atoms with E-state index in [0.717, 1.165) is 21.6 Å². The van der Waals surface area contributed by atoms with Gasteiger partial charge in [0.1, 0.15) is 11.4 Å². The molecule has 7 nitrogen and oxygen atoms in total. The van der Waals surface area contributed by atoms with Gasteiger partial charge in [-0.05, 0) is 25.1 Å². The van der Waals surface area contributed by atoms with E-state index in [2.05, 4.69) is 16.7 Å². The highest BCUT2D eigenvalue weighted by Gasteiger charge is 2.12. The van der Waals surface area contributed by atoms with Gasteiger partial charge in [-0.1, -0.05) is 12.2 Å². The van der Waals surface area contributed by atoms with Gasteiger partial charge in [0.2, 0.25) is 4.80 Å². The first-order chi connectivity index (χ1) is 14.1. The molecular formula is C21H23N3O4S. The lowest BCUT2D eigenvalue weighted by Gasteiger charge is -2.11. The molecule has 0 radical (unpaired) electrons. The highest BCUT2D eigenvalue weighted by molar-refractivity contribution is 7.07. The van der Waals surface area contributed by atoms with Crippen LogP contribution < -0.4 is 19.0 Å². The summed E-state index contributed by atoms with van der Waals surface area (Å²) in [5, 5.41) is 6.61. The second kappa shape index (κ2) is 9.29. The number of benzene rings is 1. The van der Waals surface area contributed by atoms with E-state index < -0.39 is 0 Å². The number of nitrogens with zero attached hydrogens (tertiary/aromatic N) is 3. The van der Waals surface area contributed by atoms with Gasteiger partial charge in [0, 0.05) is 17.0 Å². The van der Waals surface area contributed by atoms with Crippen LogP contribution >= 0.6 is 11.3 Å². The van der Waals surface area contributed by atoms with Gasteiger partial charge in [0.15, 0.2) is 17.3 Å². The number of aromatic nitrogens is 1. The fourth-order valence-corrected chi connectivity index (χ4v) is 3.41. The minimum atomic E-state index is 0.521. The van der Waals surface area contributed by atoms with Gasteiger partial charge in [0.05, 0.1) is 40.4 Å². The first-order valence-electron chi connectivity index (χ1n) is 8.81. The van der Waals surface area contributed by atoms with Crippen LogP contribution in [0.25, 0.3) is 11.5 Å². The molecule has 0 aliphatic heterocycles. The summed E-state index contributed by atoms with van der Waals surface area (Å²) in [6.45, 7) is 6.37. The number of thiazole rings is 1. The van der Waals surface area contributed by atoms with Crippen LogP contribution in [0.4, 0.5) is 0 Å². The summed E-state index contributed by atoms with van der Waals surface area (Å²) < 4.78 is 23.5. The number of furan rings is 1. The highest BCUT2D eigenvalue weighted by atomic mass is 32.1. The van der Waals surface area contributed by atoms with Crippen LogP contribution in [0.3, 0.4) is 0 Å². The Balaban J connectivity index is 2.09. The molecule has 3 rings (SSSR count). The average molecular weight is 413 g/mol. The molecule has 0 aliphatic rings. The first kappa shape index (κ1) is 20.5. The molecule has 0 spiro atoms. The van der Waals surface area contributed by atoms with Gasteiger partial charge in [-0.2, -0.15) is 5.10 Å². The molecule has 0 saturated carbocycles. The lowest BCUT2D eigenvalue weighted by molar-refractivity contribution is 0.349. The fourth-order valence-electron chi connectivity index (χ4n) is 2.59. The monoisotopic (exact) mass is 413 g/mol. The largest absolute Gasteiger partial charge is 0.496 e. The van der Waals surface area contributed by atoms with Gasteiger partial charge in [-0.3, -0.25) is 4.99 Å². The van der Waals surface area contributed by atoms with Crippen LogP contribution in [-0.2, 0) is 0 Å². The third kappa shape index (κ3) is 4.60. The van der Waals surface area contributed by atoms with Crippen LogP contribution in [0, 0.1) is 0 Å². The maximum Gasteiger partial charge on any atom is 0.206 e. The number of hydrogen-bond donors (Lipinski definition) is 0. The zero-order valence-electron chi connectivity index (χ0n) is 16.8. The normalized spacial score (nSPS) is 11.8. The number of hydrogen-bond acceptors (Lipinski definition) is 7. The third-order valence-electron chi connectivity index (χ3n) is 3.99. The van der Waals surface area contributed by atoms with Crippen molar-refractivity contribution in [1.29, 1.82) is 0 Å². The van der Waals surface area contributed by atoms with Crippen molar-refractivity contribution in [2.24, 2.45) is 10.1 Å². The smallest absolute Gasteiger partial charge is 0.206 e. The van der Waals surface area contributed by atoms with E-state index in [1.54, 1.807) is 44.5 Å². The molecule has 0 N–H and O–H groups in total. The van der Waals surface area contributed by atoms with Crippen molar-refractivity contribution in [3.05, 3.63) is 58.4 Å². The summed E-state index contributed by atoms with van der Waals surface area (Å²) in [4.78, 5) is 5.33. The molecule has 152 valence electrons. The average Bonchev–Trinajstić information content (AvgIpc) is 3.39. The van der Waals surface area contributed by atoms with E-state index in [0.29, 0.717) is 29.6 Å². The predicted octanol–water partition coefficient (Wildman–Crippen LogP) is 4.19. The first-order valence-corrected chi connectivity index (χ1v) is 9.69. The number of ether oxygens (including phenoxy) is 3. The molecule has 0 saturated heterocycles. The second-order valence-electron chi connectivity index (χ2n) is 6.16. The molecular weight excluding hydrogens is 390 g/mol. The number of methoxy groups -OCH3 is 3. The predicted molar refractivity (Wildman–Crippen MR) is 114 cm³/mol. The van der Waals surface area contributed by atoms with Gasteiger partial charge >= 0.3 is 0 Å². The van der Waals surface area contributed by atoms with Crippen LogP contribution in [0.2, 0.25) is 0 Å². The Bertz CT molecular complexity index is 1080. The topological polar surface area (TPSA) is 70.5 Å². The zero-order chi connectivity index (χ0) is 20.8.